The van der Waals surface area contributed by atoms with Crippen LogP contribution in [-0.2, 0) is 33.2 Å². The number of unbranched alkanes of at least 4 members (excludes halogenated alkanes) is 38. The van der Waals surface area contributed by atoms with E-state index in [0.29, 0.717) is 6.42 Å². The van der Waals surface area contributed by atoms with Crippen LogP contribution in [0.25, 0.3) is 0 Å². The quantitative estimate of drug-likeness (QED) is 0.0199. The average molecular weight is 1270 g/mol. The molecule has 17 atom stereocenters. The molecule has 3 fully saturated rings. The van der Waals surface area contributed by atoms with Crippen LogP contribution in [0.4, 0.5) is 0 Å². The highest BCUT2D eigenvalue weighted by Crippen LogP contribution is 2.33. The van der Waals surface area contributed by atoms with E-state index in [2.05, 4.69) is 31.3 Å². The predicted octanol–water partition coefficient (Wildman–Crippen LogP) is 9.83. The zero-order valence-corrected chi connectivity index (χ0v) is 55.4. The van der Waals surface area contributed by atoms with Crippen molar-refractivity contribution in [1.82, 2.24) is 5.32 Å². The van der Waals surface area contributed by atoms with Crippen LogP contribution in [0.3, 0.4) is 0 Å². The second kappa shape index (κ2) is 52.5. The smallest absolute Gasteiger partial charge is 0.220 e. The Morgan fingerprint density at radius 2 is 0.708 bits per heavy atom. The molecule has 19 heteroatoms. The fourth-order valence-corrected chi connectivity index (χ4v) is 12.4. The van der Waals surface area contributed by atoms with E-state index < -0.39 is 124 Å². The molecule has 0 aromatic heterocycles. The van der Waals surface area contributed by atoms with Gasteiger partial charge in [-0.2, -0.15) is 0 Å². The molecule has 0 aliphatic carbocycles. The van der Waals surface area contributed by atoms with Crippen LogP contribution < -0.4 is 5.32 Å². The topological polar surface area (TPSA) is 307 Å². The predicted molar refractivity (Wildman–Crippen MR) is 346 cm³/mol. The number of carbonyl (C=O) groups excluding carboxylic acids is 1. The highest BCUT2D eigenvalue weighted by atomic mass is 16.8. The zero-order chi connectivity index (χ0) is 64.7. The van der Waals surface area contributed by atoms with E-state index in [1.54, 1.807) is 6.08 Å². The lowest BCUT2D eigenvalue weighted by Gasteiger charge is -2.48. The largest absolute Gasteiger partial charge is 0.394 e. The Labute approximate surface area is 537 Å². The molecule has 12 N–H and O–H groups in total. The summed E-state index contributed by atoms with van der Waals surface area (Å²) in [5, 5.41) is 120. The van der Waals surface area contributed by atoms with Gasteiger partial charge in [-0.05, 0) is 44.9 Å². The molecule has 0 saturated carbocycles. The van der Waals surface area contributed by atoms with Crippen molar-refractivity contribution < 1.29 is 89.4 Å². The Hall–Kier alpha value is -1.73. The molecule has 19 nitrogen and oxygen atoms in total. The van der Waals surface area contributed by atoms with Gasteiger partial charge in [0.2, 0.25) is 5.91 Å². The van der Waals surface area contributed by atoms with Crippen molar-refractivity contribution in [3.63, 3.8) is 0 Å². The first kappa shape index (κ1) is 81.5. The van der Waals surface area contributed by atoms with E-state index in [-0.39, 0.29) is 18.9 Å². The van der Waals surface area contributed by atoms with Crippen molar-refractivity contribution in [3.05, 3.63) is 24.3 Å². The van der Waals surface area contributed by atoms with Gasteiger partial charge in [-0.15, -0.1) is 0 Å². The molecular weight excluding hydrogens is 1140 g/mol. The number of rotatable bonds is 56. The molecule has 3 aliphatic heterocycles. The van der Waals surface area contributed by atoms with Crippen LogP contribution in [0.5, 0.6) is 0 Å². The summed E-state index contributed by atoms with van der Waals surface area (Å²) in [5.74, 6) is -0.283. The van der Waals surface area contributed by atoms with E-state index in [9.17, 15) is 61.0 Å². The van der Waals surface area contributed by atoms with Crippen LogP contribution in [0.2, 0.25) is 0 Å². The number of hydrogen-bond donors (Lipinski definition) is 12. The maximum Gasteiger partial charge on any atom is 0.220 e. The molecule has 89 heavy (non-hydrogen) atoms. The number of carbonyl (C=O) groups is 1. The molecule has 17 unspecified atom stereocenters. The monoisotopic (exact) mass is 1270 g/mol. The molecular formula is C70H131NO18. The number of allylic oxidation sites excluding steroid dienone is 3. The molecule has 1 amide bonds. The SMILES string of the molecule is CCCCC/C=C\CCCCCCCC(=O)NC(COC1OC(CO)C(OC2OC(CO)C(OC3OC(CO)C(O)C(O)C3O)C(O)C2O)C(O)C1O)C(O)/C=C/CCCCCCCCCCCCCCCCCCCCCCCCCCCCCCCC. The lowest BCUT2D eigenvalue weighted by Crippen LogP contribution is -2.66. The fraction of sp³-hybridized carbons (Fsp3) is 0.929. The van der Waals surface area contributed by atoms with Gasteiger partial charge in [0.1, 0.15) is 73.2 Å². The van der Waals surface area contributed by atoms with E-state index in [4.69, 9.17) is 28.4 Å². The summed E-state index contributed by atoms with van der Waals surface area (Å²) in [6.45, 7) is 1.72. The first-order valence-corrected chi connectivity index (χ1v) is 36.1. The third-order valence-electron chi connectivity index (χ3n) is 18.2. The van der Waals surface area contributed by atoms with Crippen molar-refractivity contribution >= 4 is 5.91 Å². The summed E-state index contributed by atoms with van der Waals surface area (Å²) in [6, 6.07) is -0.975. The Balaban J connectivity index is 1.36. The second-order valence-electron chi connectivity index (χ2n) is 26.1. The molecule has 524 valence electrons. The van der Waals surface area contributed by atoms with Crippen molar-refractivity contribution in [2.75, 3.05) is 26.4 Å². The number of nitrogens with one attached hydrogen (secondary N) is 1. The fourth-order valence-electron chi connectivity index (χ4n) is 12.4. The third-order valence-corrected chi connectivity index (χ3v) is 18.2. The first-order valence-electron chi connectivity index (χ1n) is 36.1. The summed E-state index contributed by atoms with van der Waals surface area (Å²) >= 11 is 0. The number of aliphatic hydroxyl groups excluding tert-OH is 11. The summed E-state index contributed by atoms with van der Waals surface area (Å²) in [7, 11) is 0. The van der Waals surface area contributed by atoms with Crippen LogP contribution in [0.15, 0.2) is 24.3 Å². The Morgan fingerprint density at radius 3 is 1.11 bits per heavy atom. The summed E-state index contributed by atoms with van der Waals surface area (Å²) < 4.78 is 34.3. The zero-order valence-electron chi connectivity index (χ0n) is 55.4. The molecule has 0 aromatic carbocycles. The maximum absolute atomic E-state index is 13.3. The van der Waals surface area contributed by atoms with Gasteiger partial charge in [0.15, 0.2) is 18.9 Å². The highest BCUT2D eigenvalue weighted by Gasteiger charge is 2.53. The van der Waals surface area contributed by atoms with Gasteiger partial charge >= 0.3 is 0 Å². The van der Waals surface area contributed by atoms with Gasteiger partial charge < -0.3 is 89.9 Å². The van der Waals surface area contributed by atoms with Crippen LogP contribution in [0.1, 0.15) is 284 Å². The lowest BCUT2D eigenvalue weighted by atomic mass is 9.96. The lowest BCUT2D eigenvalue weighted by molar-refractivity contribution is -0.379. The first-order chi connectivity index (χ1) is 43.3. The summed E-state index contributed by atoms with van der Waals surface area (Å²) in [6.07, 6.45) is 33.3. The standard InChI is InChI=1S/C70H131NO18/c1-3-5-7-9-11-13-15-17-18-19-20-21-22-23-24-25-26-27-28-29-30-31-32-33-34-35-36-37-39-41-43-45-47-54(75)53(71-58(76)48-46-44-42-40-38-16-14-12-10-8-6-4-2)52-84-68-64(82)61(79)66(56(50-73)86-68)89-70-65(83)62(80)67(57(51-74)87-70)88-69-63(81)60(78)59(77)55(49-72)85-69/h12,14,45,47,53-57,59-70,72-75,77-83H,3-11,13,15-44,46,48-52H2,1-2H3,(H,71,76)/b14-12-,47-45+. The van der Waals surface area contributed by atoms with E-state index in [1.807, 2.05) is 6.08 Å². The van der Waals surface area contributed by atoms with Gasteiger partial charge in [0, 0.05) is 6.42 Å². The number of aliphatic hydroxyl groups is 11. The van der Waals surface area contributed by atoms with Gasteiger partial charge in [0.05, 0.1) is 38.6 Å². The van der Waals surface area contributed by atoms with Crippen molar-refractivity contribution in [3.8, 4) is 0 Å². The third kappa shape index (κ3) is 34.5. The molecule has 3 aliphatic rings. The van der Waals surface area contributed by atoms with Crippen LogP contribution in [-0.4, -0.2) is 193 Å². The average Bonchev–Trinajstić information content (AvgIpc) is 1.24. The van der Waals surface area contributed by atoms with Gasteiger partial charge in [0.25, 0.3) is 0 Å². The number of ether oxygens (including phenoxy) is 6. The minimum Gasteiger partial charge on any atom is -0.394 e. The molecule has 0 aromatic rings. The number of hydrogen-bond acceptors (Lipinski definition) is 18. The molecule has 0 bridgehead atoms. The molecule has 0 radical (unpaired) electrons. The minimum absolute atomic E-state index is 0.234. The van der Waals surface area contributed by atoms with Crippen molar-refractivity contribution in [2.45, 2.75) is 388 Å². The van der Waals surface area contributed by atoms with Crippen molar-refractivity contribution in [1.29, 1.82) is 0 Å². The Kier molecular flexibility index (Phi) is 48.1. The molecule has 3 heterocycles. The van der Waals surface area contributed by atoms with E-state index in [1.165, 1.54) is 193 Å². The van der Waals surface area contributed by atoms with Gasteiger partial charge in [-0.3, -0.25) is 4.79 Å². The molecule has 0 spiro atoms. The second-order valence-corrected chi connectivity index (χ2v) is 26.1. The Bertz CT molecular complexity index is 1710. The van der Waals surface area contributed by atoms with Crippen molar-refractivity contribution in [2.24, 2.45) is 0 Å². The minimum atomic E-state index is -1.98. The number of amides is 1. The van der Waals surface area contributed by atoms with E-state index >= 15 is 0 Å². The Morgan fingerprint density at radius 1 is 0.393 bits per heavy atom. The molecule has 3 rings (SSSR count). The molecule has 3 saturated heterocycles. The normalized spacial score (nSPS) is 28.3. The van der Waals surface area contributed by atoms with Crippen LogP contribution >= 0.6 is 0 Å². The van der Waals surface area contributed by atoms with Crippen LogP contribution in [0, 0.1) is 0 Å². The summed E-state index contributed by atoms with van der Waals surface area (Å²) in [5.41, 5.74) is 0. The van der Waals surface area contributed by atoms with Gasteiger partial charge in [-0.25, -0.2) is 0 Å². The summed E-state index contributed by atoms with van der Waals surface area (Å²) in [4.78, 5) is 13.3. The maximum atomic E-state index is 13.3. The van der Waals surface area contributed by atoms with Gasteiger partial charge in [-0.1, -0.05) is 256 Å². The highest BCUT2D eigenvalue weighted by molar-refractivity contribution is 5.76. The van der Waals surface area contributed by atoms with E-state index in [0.717, 1.165) is 64.2 Å².